The van der Waals surface area contributed by atoms with Gasteiger partial charge in [-0.1, -0.05) is 19.1 Å². The average molecular weight is 261 g/mol. The van der Waals surface area contributed by atoms with Gasteiger partial charge in [0.25, 0.3) is 0 Å². The van der Waals surface area contributed by atoms with Crippen molar-refractivity contribution in [1.29, 1.82) is 0 Å². The van der Waals surface area contributed by atoms with Gasteiger partial charge < -0.3 is 5.32 Å². The van der Waals surface area contributed by atoms with Crippen molar-refractivity contribution in [3.05, 3.63) is 30.0 Å². The molecule has 2 rings (SSSR count). The molecule has 0 amide bonds. The van der Waals surface area contributed by atoms with Gasteiger partial charge in [-0.15, -0.1) is 0 Å². The van der Waals surface area contributed by atoms with Crippen molar-refractivity contribution < 1.29 is 0 Å². The molecule has 0 fully saturated rings. The van der Waals surface area contributed by atoms with E-state index in [4.69, 9.17) is 0 Å². The molecule has 3 nitrogen and oxygen atoms in total. The van der Waals surface area contributed by atoms with Gasteiger partial charge >= 0.3 is 0 Å². The summed E-state index contributed by atoms with van der Waals surface area (Å²) in [6, 6.07) is 8.44. The van der Waals surface area contributed by atoms with Crippen LogP contribution in [-0.2, 0) is 0 Å². The molecule has 1 atom stereocenters. The molecule has 18 heavy (non-hydrogen) atoms. The first kappa shape index (κ1) is 13.1. The molecule has 1 aromatic carbocycles. The van der Waals surface area contributed by atoms with E-state index in [0.717, 1.165) is 34.7 Å². The van der Waals surface area contributed by atoms with Gasteiger partial charge in [0.05, 0.1) is 16.7 Å². The predicted molar refractivity (Wildman–Crippen MR) is 80.4 cm³/mol. The highest BCUT2D eigenvalue weighted by Gasteiger charge is 2.10. The maximum absolute atomic E-state index is 4.66. The topological polar surface area (TPSA) is 37.8 Å². The van der Waals surface area contributed by atoms with Crippen LogP contribution < -0.4 is 5.32 Å². The van der Waals surface area contributed by atoms with Crippen LogP contribution in [0.4, 0.5) is 5.82 Å². The minimum atomic E-state index is 0.453. The lowest BCUT2D eigenvalue weighted by atomic mass is 10.2. The van der Waals surface area contributed by atoms with E-state index in [0.29, 0.717) is 6.04 Å². The Morgan fingerprint density at radius 2 is 1.89 bits per heavy atom. The van der Waals surface area contributed by atoms with Crippen molar-refractivity contribution in [3.63, 3.8) is 0 Å². The Morgan fingerprint density at radius 1 is 1.22 bits per heavy atom. The summed E-state index contributed by atoms with van der Waals surface area (Å²) >= 11 is 1.85. The average Bonchev–Trinajstić information content (AvgIpc) is 2.39. The van der Waals surface area contributed by atoms with Gasteiger partial charge in [-0.05, 0) is 31.7 Å². The highest BCUT2D eigenvalue weighted by atomic mass is 32.2. The Kier molecular flexibility index (Phi) is 4.42. The van der Waals surface area contributed by atoms with Crippen LogP contribution in [0.15, 0.2) is 24.3 Å². The number of thioether (sulfide) groups is 1. The lowest BCUT2D eigenvalue weighted by Gasteiger charge is -2.17. The van der Waals surface area contributed by atoms with E-state index in [1.54, 1.807) is 0 Å². The largest absolute Gasteiger partial charge is 0.365 e. The third kappa shape index (κ3) is 2.93. The number of hydrogen-bond donors (Lipinski definition) is 1. The zero-order valence-electron chi connectivity index (χ0n) is 11.1. The van der Waals surface area contributed by atoms with E-state index in [-0.39, 0.29) is 0 Å². The number of aryl methyl sites for hydroxylation is 1. The Hall–Kier alpha value is -1.29. The molecule has 0 saturated heterocycles. The van der Waals surface area contributed by atoms with Crippen LogP contribution in [0, 0.1) is 6.92 Å². The smallest absolute Gasteiger partial charge is 0.148 e. The van der Waals surface area contributed by atoms with E-state index in [1.807, 2.05) is 43.0 Å². The van der Waals surface area contributed by atoms with Crippen LogP contribution in [0.1, 0.15) is 19.0 Å². The minimum Gasteiger partial charge on any atom is -0.365 e. The summed E-state index contributed by atoms with van der Waals surface area (Å²) in [5.74, 6) is 2.00. The van der Waals surface area contributed by atoms with Crippen LogP contribution in [0.3, 0.4) is 0 Å². The van der Waals surface area contributed by atoms with E-state index in [2.05, 4.69) is 28.5 Å². The van der Waals surface area contributed by atoms with Crippen molar-refractivity contribution in [1.82, 2.24) is 9.97 Å². The molecule has 0 saturated carbocycles. The Labute approximate surface area is 112 Å². The van der Waals surface area contributed by atoms with Gasteiger partial charge in [0.1, 0.15) is 5.82 Å². The molecule has 2 aromatic rings. The highest BCUT2D eigenvalue weighted by molar-refractivity contribution is 7.98. The second-order valence-electron chi connectivity index (χ2n) is 4.35. The standard InChI is InChI=1S/C14H19N3S/c1-4-11(9-18-3)16-14-10(2)15-12-7-5-6-8-13(12)17-14/h5-8,11H,4,9H2,1-3H3,(H,16,17). The molecule has 1 heterocycles. The predicted octanol–water partition coefficient (Wildman–Crippen LogP) is 3.49. The third-order valence-corrected chi connectivity index (χ3v) is 3.68. The number of benzene rings is 1. The number of aromatic nitrogens is 2. The lowest BCUT2D eigenvalue weighted by molar-refractivity contribution is 0.768. The second-order valence-corrected chi connectivity index (χ2v) is 5.26. The van der Waals surface area contributed by atoms with Gasteiger partial charge in [-0.25, -0.2) is 9.97 Å². The highest BCUT2D eigenvalue weighted by Crippen LogP contribution is 2.18. The monoisotopic (exact) mass is 261 g/mol. The quantitative estimate of drug-likeness (QED) is 0.894. The molecular formula is C14H19N3S. The normalized spacial score (nSPS) is 12.6. The van der Waals surface area contributed by atoms with Crippen molar-refractivity contribution in [3.8, 4) is 0 Å². The third-order valence-electron chi connectivity index (χ3n) is 2.95. The molecule has 0 bridgehead atoms. The minimum absolute atomic E-state index is 0.453. The van der Waals surface area contributed by atoms with Gasteiger partial charge in [-0.2, -0.15) is 11.8 Å². The van der Waals surface area contributed by atoms with Crippen molar-refractivity contribution in [2.24, 2.45) is 0 Å². The molecule has 0 spiro atoms. The molecule has 1 unspecified atom stereocenters. The summed E-state index contributed by atoms with van der Waals surface area (Å²) in [5.41, 5.74) is 2.87. The van der Waals surface area contributed by atoms with Crippen LogP contribution in [-0.4, -0.2) is 28.0 Å². The fourth-order valence-electron chi connectivity index (χ4n) is 1.88. The zero-order chi connectivity index (χ0) is 13.0. The fraction of sp³-hybridized carbons (Fsp3) is 0.429. The molecule has 0 aliphatic carbocycles. The number of anilines is 1. The van der Waals surface area contributed by atoms with Crippen LogP contribution >= 0.6 is 11.8 Å². The van der Waals surface area contributed by atoms with E-state index < -0.39 is 0 Å². The van der Waals surface area contributed by atoms with Crippen molar-refractivity contribution in [2.45, 2.75) is 26.3 Å². The molecule has 96 valence electrons. The summed E-state index contributed by atoms with van der Waals surface area (Å²) in [7, 11) is 0. The zero-order valence-corrected chi connectivity index (χ0v) is 11.9. The van der Waals surface area contributed by atoms with Gasteiger partial charge in [0.2, 0.25) is 0 Å². The lowest BCUT2D eigenvalue weighted by Crippen LogP contribution is -2.22. The number of hydrogen-bond acceptors (Lipinski definition) is 4. The number of fused-ring (bicyclic) bond motifs is 1. The molecule has 4 heteroatoms. The first-order valence-corrected chi connectivity index (χ1v) is 7.62. The van der Waals surface area contributed by atoms with Crippen molar-refractivity contribution in [2.75, 3.05) is 17.3 Å². The Bertz CT molecular complexity index is 527. The van der Waals surface area contributed by atoms with E-state index in [9.17, 15) is 0 Å². The first-order valence-electron chi connectivity index (χ1n) is 6.23. The Balaban J connectivity index is 2.29. The molecule has 0 aliphatic heterocycles. The summed E-state index contributed by atoms with van der Waals surface area (Å²) in [6.07, 6.45) is 3.22. The fourth-order valence-corrected chi connectivity index (χ4v) is 2.60. The molecular weight excluding hydrogens is 242 g/mol. The van der Waals surface area contributed by atoms with Crippen LogP contribution in [0.25, 0.3) is 11.0 Å². The van der Waals surface area contributed by atoms with Gasteiger partial charge in [0.15, 0.2) is 0 Å². The molecule has 0 radical (unpaired) electrons. The van der Waals surface area contributed by atoms with Gasteiger partial charge in [0, 0.05) is 11.8 Å². The Morgan fingerprint density at radius 3 is 2.50 bits per heavy atom. The summed E-state index contributed by atoms with van der Waals surface area (Å²) in [4.78, 5) is 9.25. The van der Waals surface area contributed by atoms with E-state index >= 15 is 0 Å². The first-order chi connectivity index (χ1) is 8.74. The summed E-state index contributed by atoms with van der Waals surface area (Å²) in [5, 5.41) is 3.50. The maximum atomic E-state index is 4.66. The summed E-state index contributed by atoms with van der Waals surface area (Å²) in [6.45, 7) is 4.20. The molecule has 0 aliphatic rings. The van der Waals surface area contributed by atoms with Crippen LogP contribution in [0.2, 0.25) is 0 Å². The van der Waals surface area contributed by atoms with Crippen LogP contribution in [0.5, 0.6) is 0 Å². The second kappa shape index (κ2) is 6.05. The van der Waals surface area contributed by atoms with Gasteiger partial charge in [-0.3, -0.25) is 0 Å². The SMILES string of the molecule is CCC(CSC)Nc1nc2ccccc2nc1C. The summed E-state index contributed by atoms with van der Waals surface area (Å²) < 4.78 is 0. The number of nitrogens with zero attached hydrogens (tertiary/aromatic N) is 2. The number of nitrogens with one attached hydrogen (secondary N) is 1. The van der Waals surface area contributed by atoms with Crippen molar-refractivity contribution >= 4 is 28.6 Å². The number of para-hydroxylation sites is 2. The maximum Gasteiger partial charge on any atom is 0.148 e. The number of rotatable bonds is 5. The molecule has 1 aromatic heterocycles. The molecule has 1 N–H and O–H groups in total. The van der Waals surface area contributed by atoms with E-state index in [1.165, 1.54) is 0 Å².